The number of aromatic nitrogens is 4. The Balaban J connectivity index is 2.01. The number of benzene rings is 1. The van der Waals surface area contributed by atoms with Crippen LogP contribution in [-0.4, -0.2) is 34.4 Å². The number of rotatable bonds is 3. The Morgan fingerprint density at radius 1 is 1.08 bits per heavy atom. The minimum atomic E-state index is -0.325. The zero-order chi connectivity index (χ0) is 18.4. The topological polar surface area (TPSA) is 134 Å². The van der Waals surface area contributed by atoms with Crippen molar-refractivity contribution in [1.29, 1.82) is 0 Å². The summed E-state index contributed by atoms with van der Waals surface area (Å²) in [6, 6.07) is 5.59. The van der Waals surface area contributed by atoms with Gasteiger partial charge in [-0.1, -0.05) is 6.07 Å². The van der Waals surface area contributed by atoms with E-state index in [9.17, 15) is 0 Å². The van der Waals surface area contributed by atoms with Crippen LogP contribution in [0.3, 0.4) is 0 Å². The number of aromatic amines is 1. The number of nitrogens with one attached hydrogen (secondary N) is 1. The van der Waals surface area contributed by atoms with E-state index in [4.69, 9.17) is 25.7 Å². The minimum absolute atomic E-state index is 0.0393. The summed E-state index contributed by atoms with van der Waals surface area (Å²) in [5.41, 5.74) is 15.1. The van der Waals surface area contributed by atoms with Crippen molar-refractivity contribution in [2.24, 2.45) is 0 Å². The summed E-state index contributed by atoms with van der Waals surface area (Å²) in [5.74, 6) is 2.01. The van der Waals surface area contributed by atoms with Gasteiger partial charge >= 0.3 is 0 Å². The van der Waals surface area contributed by atoms with Crippen molar-refractivity contribution in [1.82, 2.24) is 20.2 Å². The highest BCUT2D eigenvalue weighted by Crippen LogP contribution is 2.51. The Labute approximate surface area is 149 Å². The highest BCUT2D eigenvalue weighted by atomic mass is 16.5. The lowest BCUT2D eigenvalue weighted by molar-refractivity contribution is 0.387. The fourth-order valence-electron chi connectivity index (χ4n) is 3.27. The van der Waals surface area contributed by atoms with Crippen molar-refractivity contribution < 1.29 is 14.2 Å². The number of nitrogen functional groups attached to an aromatic ring is 2. The van der Waals surface area contributed by atoms with Gasteiger partial charge in [0.2, 0.25) is 17.7 Å². The zero-order valence-corrected chi connectivity index (χ0v) is 14.5. The molecule has 0 saturated carbocycles. The van der Waals surface area contributed by atoms with Gasteiger partial charge in [-0.15, -0.1) is 5.10 Å². The molecule has 1 aromatic carbocycles. The lowest BCUT2D eigenvalue weighted by Gasteiger charge is -2.27. The van der Waals surface area contributed by atoms with Crippen molar-refractivity contribution >= 4 is 11.8 Å². The molecule has 3 heterocycles. The van der Waals surface area contributed by atoms with E-state index in [-0.39, 0.29) is 23.6 Å². The summed E-state index contributed by atoms with van der Waals surface area (Å²) >= 11 is 0. The smallest absolute Gasteiger partial charge is 0.244 e. The zero-order valence-electron chi connectivity index (χ0n) is 14.5. The molecule has 3 aromatic rings. The van der Waals surface area contributed by atoms with Gasteiger partial charge in [-0.2, -0.15) is 9.97 Å². The molecule has 1 aliphatic rings. The number of nitrogens with two attached hydrogens (primary N) is 2. The number of H-pyrrole nitrogens is 1. The highest BCUT2D eigenvalue weighted by Gasteiger charge is 2.37. The fraction of sp³-hybridized carbons (Fsp3) is 0.235. The lowest BCUT2D eigenvalue weighted by atomic mass is 9.83. The molecule has 0 spiro atoms. The Morgan fingerprint density at radius 2 is 1.88 bits per heavy atom. The molecule has 9 heteroatoms. The second kappa shape index (κ2) is 5.80. The monoisotopic (exact) mass is 354 g/mol. The number of nitrogens with zero attached hydrogens (tertiary/aromatic N) is 3. The van der Waals surface area contributed by atoms with Crippen molar-refractivity contribution in [3.05, 3.63) is 40.6 Å². The predicted octanol–water partition coefficient (Wildman–Crippen LogP) is 1.98. The van der Waals surface area contributed by atoms with E-state index in [2.05, 4.69) is 20.2 Å². The summed E-state index contributed by atoms with van der Waals surface area (Å²) in [4.78, 5) is 8.30. The average molecular weight is 354 g/mol. The van der Waals surface area contributed by atoms with Crippen LogP contribution in [0.4, 0.5) is 11.8 Å². The Morgan fingerprint density at radius 3 is 2.62 bits per heavy atom. The molecule has 134 valence electrons. The van der Waals surface area contributed by atoms with Crippen LogP contribution >= 0.6 is 0 Å². The van der Waals surface area contributed by atoms with E-state index >= 15 is 0 Å². The molecule has 0 aliphatic carbocycles. The molecule has 0 fully saturated rings. The summed E-state index contributed by atoms with van der Waals surface area (Å²) in [6.07, 6.45) is 0. The number of anilines is 2. The van der Waals surface area contributed by atoms with E-state index in [1.54, 1.807) is 14.2 Å². The van der Waals surface area contributed by atoms with Gasteiger partial charge in [0, 0.05) is 22.9 Å². The molecule has 5 N–H and O–H groups in total. The second-order valence-electron chi connectivity index (χ2n) is 5.90. The lowest BCUT2D eigenvalue weighted by Crippen LogP contribution is -2.17. The molecule has 1 aliphatic heterocycles. The maximum atomic E-state index is 6.19. The van der Waals surface area contributed by atoms with Gasteiger partial charge in [0.1, 0.15) is 17.3 Å². The first-order chi connectivity index (χ1) is 12.5. The molecule has 1 atom stereocenters. The number of ether oxygens (including phenoxy) is 3. The molecule has 0 bridgehead atoms. The predicted molar refractivity (Wildman–Crippen MR) is 94.7 cm³/mol. The van der Waals surface area contributed by atoms with Gasteiger partial charge < -0.3 is 25.7 Å². The van der Waals surface area contributed by atoms with Crippen LogP contribution in [0, 0.1) is 6.92 Å². The van der Waals surface area contributed by atoms with Crippen LogP contribution in [0.1, 0.15) is 28.3 Å². The number of hydrogen-bond acceptors (Lipinski definition) is 8. The van der Waals surface area contributed by atoms with Crippen LogP contribution in [0.25, 0.3) is 0 Å². The fourth-order valence-corrected chi connectivity index (χ4v) is 3.27. The molecule has 2 aromatic heterocycles. The molecular formula is C17H18N6O3. The molecule has 1 unspecified atom stereocenters. The van der Waals surface area contributed by atoms with Crippen LogP contribution in [-0.2, 0) is 0 Å². The molecule has 26 heavy (non-hydrogen) atoms. The van der Waals surface area contributed by atoms with Crippen LogP contribution in [0.2, 0.25) is 0 Å². The first kappa shape index (κ1) is 16.0. The first-order valence-corrected chi connectivity index (χ1v) is 7.91. The second-order valence-corrected chi connectivity index (χ2v) is 5.90. The Hall–Kier alpha value is -3.49. The third-order valence-corrected chi connectivity index (χ3v) is 4.44. The molecular weight excluding hydrogens is 336 g/mol. The quantitative estimate of drug-likeness (QED) is 0.508. The van der Waals surface area contributed by atoms with Crippen LogP contribution in [0.5, 0.6) is 23.3 Å². The van der Waals surface area contributed by atoms with Gasteiger partial charge in [-0.25, -0.2) is 0 Å². The highest BCUT2D eigenvalue weighted by molar-refractivity contribution is 5.65. The summed E-state index contributed by atoms with van der Waals surface area (Å²) in [7, 11) is 3.20. The third kappa shape index (κ3) is 2.28. The van der Waals surface area contributed by atoms with Crippen molar-refractivity contribution in [2.75, 3.05) is 25.7 Å². The molecule has 4 rings (SSSR count). The number of methoxy groups -OCH3 is 2. The van der Waals surface area contributed by atoms with Crippen molar-refractivity contribution in [2.45, 2.75) is 12.8 Å². The van der Waals surface area contributed by atoms with Crippen LogP contribution < -0.4 is 25.7 Å². The molecule has 0 amide bonds. The normalized spacial score (nSPS) is 15.0. The minimum Gasteiger partial charge on any atom is -0.497 e. The largest absolute Gasteiger partial charge is 0.497 e. The summed E-state index contributed by atoms with van der Waals surface area (Å²) < 4.78 is 16.7. The van der Waals surface area contributed by atoms with Gasteiger partial charge in [-0.05, 0) is 13.0 Å². The molecule has 0 radical (unpaired) electrons. The van der Waals surface area contributed by atoms with E-state index in [0.717, 1.165) is 16.8 Å². The maximum Gasteiger partial charge on any atom is 0.244 e. The van der Waals surface area contributed by atoms with E-state index < -0.39 is 0 Å². The first-order valence-electron chi connectivity index (χ1n) is 7.91. The third-order valence-electron chi connectivity index (χ3n) is 4.44. The molecule has 0 saturated heterocycles. The molecule has 9 nitrogen and oxygen atoms in total. The average Bonchev–Trinajstić information content (AvgIpc) is 3.00. The standard InChI is InChI=1S/C17H18N6O3/c1-7-11-12(9-5-4-8(24-2)6-10(9)25-3)13-14(18)20-17(19)21-15(13)26-16(11)23-22-7/h4-6,12H,1-3H3,(H,22,23)(H4,18,19,20,21). The number of aryl methyl sites for hydroxylation is 1. The van der Waals surface area contributed by atoms with Crippen molar-refractivity contribution in [3.63, 3.8) is 0 Å². The number of fused-ring (bicyclic) bond motifs is 2. The van der Waals surface area contributed by atoms with E-state index in [0.29, 0.717) is 22.9 Å². The van der Waals surface area contributed by atoms with E-state index in [1.807, 2.05) is 25.1 Å². The summed E-state index contributed by atoms with van der Waals surface area (Å²) in [5, 5.41) is 7.17. The van der Waals surface area contributed by atoms with Gasteiger partial charge in [0.25, 0.3) is 0 Å². The van der Waals surface area contributed by atoms with Gasteiger partial charge in [0.05, 0.1) is 25.7 Å². The number of hydrogen-bond donors (Lipinski definition) is 3. The SMILES string of the molecule is COc1ccc(C2c3c(N)nc(N)nc3Oc3n[nH]c(C)c32)c(OC)c1. The van der Waals surface area contributed by atoms with Gasteiger partial charge in [0.15, 0.2) is 0 Å². The maximum absolute atomic E-state index is 6.19. The van der Waals surface area contributed by atoms with E-state index in [1.165, 1.54) is 0 Å². The summed E-state index contributed by atoms with van der Waals surface area (Å²) in [6.45, 7) is 1.91. The van der Waals surface area contributed by atoms with Crippen molar-refractivity contribution in [3.8, 4) is 23.3 Å². The van der Waals surface area contributed by atoms with Gasteiger partial charge in [-0.3, -0.25) is 5.10 Å². The Kier molecular flexibility index (Phi) is 3.57. The Bertz CT molecular complexity index is 1000. The van der Waals surface area contributed by atoms with Crippen LogP contribution in [0.15, 0.2) is 18.2 Å².